The van der Waals surface area contributed by atoms with E-state index in [4.69, 9.17) is 21.1 Å². The summed E-state index contributed by atoms with van der Waals surface area (Å²) in [5.74, 6) is 0.881. The van der Waals surface area contributed by atoms with Crippen molar-refractivity contribution in [2.45, 2.75) is 13.0 Å². The van der Waals surface area contributed by atoms with E-state index >= 15 is 0 Å². The van der Waals surface area contributed by atoms with Gasteiger partial charge in [-0.15, -0.1) is 6.58 Å². The van der Waals surface area contributed by atoms with Gasteiger partial charge in [-0.1, -0.05) is 17.7 Å². The molecule has 0 aliphatic heterocycles. The molecule has 140 valence electrons. The van der Waals surface area contributed by atoms with Crippen molar-refractivity contribution in [3.05, 3.63) is 71.2 Å². The molecule has 6 nitrogen and oxygen atoms in total. The Morgan fingerprint density at radius 3 is 2.81 bits per heavy atom. The van der Waals surface area contributed by atoms with E-state index in [9.17, 15) is 4.79 Å². The first-order chi connectivity index (χ1) is 13.0. The van der Waals surface area contributed by atoms with Gasteiger partial charge in [-0.25, -0.2) is 4.98 Å². The molecule has 27 heavy (non-hydrogen) atoms. The number of aromatic nitrogens is 2. The molecule has 0 aliphatic rings. The molecule has 2 aromatic heterocycles. The number of pyridine rings is 1. The summed E-state index contributed by atoms with van der Waals surface area (Å²) < 4.78 is 12.6. The van der Waals surface area contributed by atoms with Gasteiger partial charge >= 0.3 is 0 Å². The predicted molar refractivity (Wildman–Crippen MR) is 105 cm³/mol. The number of imidazole rings is 1. The van der Waals surface area contributed by atoms with Crippen molar-refractivity contribution in [1.29, 1.82) is 0 Å². The highest BCUT2D eigenvalue weighted by Gasteiger charge is 2.16. The molecule has 0 unspecified atom stereocenters. The molecule has 0 saturated heterocycles. The standard InChI is InChI=1S/C20H20ClN3O3/c1-4-5-13-8-14(9-17(26-2)19(13)27-3)20(25)22-10-16-12-24-11-15(21)6-7-18(24)23-16/h4,6-9,11-12H,1,5,10H2,2-3H3,(H,22,25). The Bertz CT molecular complexity index is 998. The van der Waals surface area contributed by atoms with Crippen LogP contribution in [0.15, 0.2) is 49.3 Å². The molecule has 0 aliphatic carbocycles. The lowest BCUT2D eigenvalue weighted by Gasteiger charge is -2.14. The van der Waals surface area contributed by atoms with E-state index in [0.717, 1.165) is 16.9 Å². The van der Waals surface area contributed by atoms with Crippen LogP contribution in [0.2, 0.25) is 5.02 Å². The predicted octanol–water partition coefficient (Wildman–Crippen LogP) is 3.66. The average molecular weight is 386 g/mol. The lowest BCUT2D eigenvalue weighted by molar-refractivity contribution is 0.0950. The van der Waals surface area contributed by atoms with Crippen LogP contribution in [0.3, 0.4) is 0 Å². The van der Waals surface area contributed by atoms with Crippen LogP contribution >= 0.6 is 11.6 Å². The second kappa shape index (κ2) is 8.14. The minimum atomic E-state index is -0.226. The molecule has 0 bridgehead atoms. The third kappa shape index (κ3) is 4.06. The maximum atomic E-state index is 12.6. The van der Waals surface area contributed by atoms with Gasteiger partial charge in [0, 0.05) is 23.5 Å². The number of fused-ring (bicyclic) bond motifs is 1. The van der Waals surface area contributed by atoms with E-state index in [2.05, 4.69) is 16.9 Å². The second-order valence-corrected chi connectivity index (χ2v) is 6.33. The molecular weight excluding hydrogens is 366 g/mol. The van der Waals surface area contributed by atoms with Crippen molar-refractivity contribution in [3.8, 4) is 11.5 Å². The van der Waals surface area contributed by atoms with E-state index in [-0.39, 0.29) is 5.91 Å². The van der Waals surface area contributed by atoms with Gasteiger partial charge in [0.2, 0.25) is 0 Å². The number of nitrogens with one attached hydrogen (secondary N) is 1. The Labute approximate surface area is 162 Å². The number of rotatable bonds is 7. The molecule has 1 amide bonds. The Morgan fingerprint density at radius 1 is 1.30 bits per heavy atom. The van der Waals surface area contributed by atoms with E-state index in [0.29, 0.717) is 35.1 Å². The van der Waals surface area contributed by atoms with Crippen molar-refractivity contribution in [3.63, 3.8) is 0 Å². The molecule has 1 N–H and O–H groups in total. The van der Waals surface area contributed by atoms with Crippen molar-refractivity contribution >= 4 is 23.2 Å². The number of hydrogen-bond donors (Lipinski definition) is 1. The number of carbonyl (C=O) groups is 1. The number of allylic oxidation sites excluding steroid dienone is 1. The lowest BCUT2D eigenvalue weighted by Crippen LogP contribution is -2.23. The molecule has 7 heteroatoms. The molecule has 0 fully saturated rings. The van der Waals surface area contributed by atoms with Gasteiger partial charge in [0.1, 0.15) is 5.65 Å². The molecule has 0 radical (unpaired) electrons. The fourth-order valence-corrected chi connectivity index (χ4v) is 3.02. The van der Waals surface area contributed by atoms with Crippen LogP contribution in [0, 0.1) is 0 Å². The van der Waals surface area contributed by atoms with Gasteiger partial charge in [0.05, 0.1) is 31.5 Å². The van der Waals surface area contributed by atoms with Gasteiger partial charge in [-0.05, 0) is 30.7 Å². The van der Waals surface area contributed by atoms with Crippen molar-refractivity contribution in [2.75, 3.05) is 14.2 Å². The first kappa shape index (κ1) is 18.8. The zero-order valence-corrected chi connectivity index (χ0v) is 15.9. The maximum absolute atomic E-state index is 12.6. The van der Waals surface area contributed by atoms with E-state index < -0.39 is 0 Å². The van der Waals surface area contributed by atoms with Crippen molar-refractivity contribution in [1.82, 2.24) is 14.7 Å². The maximum Gasteiger partial charge on any atom is 0.251 e. The second-order valence-electron chi connectivity index (χ2n) is 5.89. The van der Waals surface area contributed by atoms with Crippen LogP contribution in [0.4, 0.5) is 0 Å². The Morgan fingerprint density at radius 2 is 2.11 bits per heavy atom. The zero-order valence-electron chi connectivity index (χ0n) is 15.2. The summed E-state index contributed by atoms with van der Waals surface area (Å²) in [5.41, 5.74) is 2.82. The Kier molecular flexibility index (Phi) is 5.66. The number of benzene rings is 1. The lowest BCUT2D eigenvalue weighted by atomic mass is 10.0. The fourth-order valence-electron chi connectivity index (χ4n) is 2.86. The summed E-state index contributed by atoms with van der Waals surface area (Å²) in [6.07, 6.45) is 5.92. The molecule has 3 aromatic rings. The fraction of sp³-hybridized carbons (Fsp3) is 0.200. The van der Waals surface area contributed by atoms with Crippen LogP contribution < -0.4 is 14.8 Å². The van der Waals surface area contributed by atoms with E-state index in [1.165, 1.54) is 0 Å². The number of methoxy groups -OCH3 is 2. The molecular formula is C20H20ClN3O3. The van der Waals surface area contributed by atoms with Crippen LogP contribution in [0.5, 0.6) is 11.5 Å². The van der Waals surface area contributed by atoms with Gasteiger partial charge in [-0.3, -0.25) is 4.79 Å². The molecule has 0 spiro atoms. The monoisotopic (exact) mass is 385 g/mol. The van der Waals surface area contributed by atoms with Crippen LogP contribution in [-0.2, 0) is 13.0 Å². The van der Waals surface area contributed by atoms with E-state index in [1.807, 2.05) is 16.7 Å². The highest BCUT2D eigenvalue weighted by molar-refractivity contribution is 6.30. The number of hydrogen-bond acceptors (Lipinski definition) is 4. The van der Waals surface area contributed by atoms with Gasteiger partial charge < -0.3 is 19.2 Å². The summed E-state index contributed by atoms with van der Waals surface area (Å²) in [4.78, 5) is 17.1. The molecule has 3 rings (SSSR count). The van der Waals surface area contributed by atoms with Crippen LogP contribution in [0.1, 0.15) is 21.6 Å². The third-order valence-corrected chi connectivity index (χ3v) is 4.30. The average Bonchev–Trinajstić information content (AvgIpc) is 3.07. The summed E-state index contributed by atoms with van der Waals surface area (Å²) in [6, 6.07) is 7.03. The summed E-state index contributed by atoms with van der Waals surface area (Å²) in [6.45, 7) is 4.04. The van der Waals surface area contributed by atoms with Crippen LogP contribution in [-0.4, -0.2) is 29.5 Å². The zero-order chi connectivity index (χ0) is 19.4. The van der Waals surface area contributed by atoms with Gasteiger partial charge in [-0.2, -0.15) is 0 Å². The van der Waals surface area contributed by atoms with Crippen molar-refractivity contribution in [2.24, 2.45) is 0 Å². The first-order valence-corrected chi connectivity index (χ1v) is 8.70. The topological polar surface area (TPSA) is 64.9 Å². The summed E-state index contributed by atoms with van der Waals surface area (Å²) in [5, 5.41) is 3.50. The largest absolute Gasteiger partial charge is 0.493 e. The third-order valence-electron chi connectivity index (χ3n) is 4.08. The normalized spacial score (nSPS) is 10.6. The molecule has 2 heterocycles. The highest BCUT2D eigenvalue weighted by Crippen LogP contribution is 2.33. The number of ether oxygens (including phenoxy) is 2. The molecule has 1 aromatic carbocycles. The number of amides is 1. The number of halogens is 1. The van der Waals surface area contributed by atoms with Gasteiger partial charge in [0.15, 0.2) is 11.5 Å². The van der Waals surface area contributed by atoms with Crippen LogP contribution in [0.25, 0.3) is 5.65 Å². The minimum Gasteiger partial charge on any atom is -0.493 e. The number of nitrogens with zero attached hydrogens (tertiary/aromatic N) is 2. The van der Waals surface area contributed by atoms with Gasteiger partial charge in [0.25, 0.3) is 5.91 Å². The highest BCUT2D eigenvalue weighted by atomic mass is 35.5. The Balaban J connectivity index is 1.80. The summed E-state index contributed by atoms with van der Waals surface area (Å²) >= 11 is 5.98. The Hall–Kier alpha value is -2.99. The first-order valence-electron chi connectivity index (χ1n) is 8.32. The van der Waals surface area contributed by atoms with Crippen molar-refractivity contribution < 1.29 is 14.3 Å². The molecule has 0 atom stereocenters. The van der Waals surface area contributed by atoms with E-state index in [1.54, 1.807) is 44.7 Å². The summed E-state index contributed by atoms with van der Waals surface area (Å²) in [7, 11) is 3.11. The quantitative estimate of drug-likeness (QED) is 0.630. The smallest absolute Gasteiger partial charge is 0.251 e. The number of carbonyl (C=O) groups excluding carboxylic acids is 1. The molecule has 0 saturated carbocycles. The SMILES string of the molecule is C=CCc1cc(C(=O)NCc2cn3cc(Cl)ccc3n2)cc(OC)c1OC. The minimum absolute atomic E-state index is 0.226.